The smallest absolute Gasteiger partial charge is 0.246 e. The van der Waals surface area contributed by atoms with E-state index in [-0.39, 0.29) is 30.6 Å². The SMILES string of the molecule is O=C1CN(c2cc(Cl)ccc2F)C(=O)CN1. The highest BCUT2D eigenvalue weighted by molar-refractivity contribution is 6.31. The molecule has 1 fully saturated rings. The van der Waals surface area contributed by atoms with Gasteiger partial charge in [0.25, 0.3) is 0 Å². The first-order valence-electron chi connectivity index (χ1n) is 4.60. The van der Waals surface area contributed by atoms with E-state index >= 15 is 0 Å². The van der Waals surface area contributed by atoms with Gasteiger partial charge in [0.2, 0.25) is 11.8 Å². The van der Waals surface area contributed by atoms with Crippen molar-refractivity contribution in [2.75, 3.05) is 18.0 Å². The number of carbonyl (C=O) groups is 2. The Hall–Kier alpha value is -1.62. The molecule has 1 aromatic rings. The van der Waals surface area contributed by atoms with Crippen molar-refractivity contribution in [3.8, 4) is 0 Å². The zero-order valence-electron chi connectivity index (χ0n) is 8.17. The van der Waals surface area contributed by atoms with Gasteiger partial charge in [0.15, 0.2) is 0 Å². The van der Waals surface area contributed by atoms with Gasteiger partial charge in [-0.05, 0) is 18.2 Å². The minimum atomic E-state index is -0.576. The molecule has 6 heteroatoms. The van der Waals surface area contributed by atoms with Gasteiger partial charge in [0, 0.05) is 5.02 Å². The molecule has 1 aromatic carbocycles. The van der Waals surface area contributed by atoms with Crippen molar-refractivity contribution in [2.45, 2.75) is 0 Å². The number of nitrogens with one attached hydrogen (secondary N) is 1. The first kappa shape index (κ1) is 10.9. The Morgan fingerprint density at radius 3 is 2.88 bits per heavy atom. The molecular formula is C10H8ClFN2O2. The Balaban J connectivity index is 2.38. The second-order valence-corrected chi connectivity index (χ2v) is 3.79. The lowest BCUT2D eigenvalue weighted by molar-refractivity contribution is -0.128. The Morgan fingerprint density at radius 2 is 2.12 bits per heavy atom. The van der Waals surface area contributed by atoms with E-state index in [9.17, 15) is 14.0 Å². The van der Waals surface area contributed by atoms with Gasteiger partial charge in [-0.15, -0.1) is 0 Å². The minimum Gasteiger partial charge on any atom is -0.345 e. The summed E-state index contributed by atoms with van der Waals surface area (Å²) in [7, 11) is 0. The predicted octanol–water partition coefficient (Wildman–Crippen LogP) is 0.942. The van der Waals surface area contributed by atoms with Crippen LogP contribution in [0.2, 0.25) is 5.02 Å². The van der Waals surface area contributed by atoms with Crippen molar-refractivity contribution < 1.29 is 14.0 Å². The molecule has 4 nitrogen and oxygen atoms in total. The zero-order chi connectivity index (χ0) is 11.7. The lowest BCUT2D eigenvalue weighted by atomic mass is 10.2. The molecule has 0 bridgehead atoms. The number of hydrogen-bond donors (Lipinski definition) is 1. The number of rotatable bonds is 1. The van der Waals surface area contributed by atoms with Crippen molar-refractivity contribution in [1.82, 2.24) is 5.32 Å². The molecule has 0 spiro atoms. The predicted molar refractivity (Wildman–Crippen MR) is 56.8 cm³/mol. The Morgan fingerprint density at radius 1 is 1.38 bits per heavy atom. The van der Waals surface area contributed by atoms with Gasteiger partial charge in [-0.25, -0.2) is 4.39 Å². The number of anilines is 1. The van der Waals surface area contributed by atoms with Crippen molar-refractivity contribution >= 4 is 29.1 Å². The topological polar surface area (TPSA) is 49.4 Å². The second kappa shape index (κ2) is 4.09. The zero-order valence-corrected chi connectivity index (χ0v) is 8.92. The van der Waals surface area contributed by atoms with Crippen LogP contribution in [-0.4, -0.2) is 24.9 Å². The van der Waals surface area contributed by atoms with Crippen LogP contribution in [0.1, 0.15) is 0 Å². The molecule has 0 unspecified atom stereocenters. The van der Waals surface area contributed by atoms with Crippen LogP contribution in [-0.2, 0) is 9.59 Å². The molecule has 1 aliphatic rings. The van der Waals surface area contributed by atoms with Gasteiger partial charge in [0.1, 0.15) is 12.4 Å². The fourth-order valence-electron chi connectivity index (χ4n) is 1.47. The first-order chi connectivity index (χ1) is 7.58. The molecule has 2 amide bonds. The van der Waals surface area contributed by atoms with Crippen LogP contribution in [0, 0.1) is 5.82 Å². The largest absolute Gasteiger partial charge is 0.345 e. The molecule has 84 valence electrons. The van der Waals surface area contributed by atoms with Crippen LogP contribution >= 0.6 is 11.6 Å². The molecule has 0 atom stereocenters. The molecule has 0 aliphatic carbocycles. The van der Waals surface area contributed by atoms with Gasteiger partial charge < -0.3 is 5.32 Å². The average Bonchev–Trinajstić information content (AvgIpc) is 2.25. The summed E-state index contributed by atoms with van der Waals surface area (Å²) in [4.78, 5) is 23.7. The molecule has 0 saturated carbocycles. The molecule has 1 aliphatic heterocycles. The summed E-state index contributed by atoms with van der Waals surface area (Å²) < 4.78 is 13.5. The third-order valence-corrected chi connectivity index (χ3v) is 2.47. The Bertz CT molecular complexity index is 464. The van der Waals surface area contributed by atoms with Crippen molar-refractivity contribution in [3.05, 3.63) is 29.0 Å². The fourth-order valence-corrected chi connectivity index (χ4v) is 1.64. The summed E-state index contributed by atoms with van der Waals surface area (Å²) in [6.45, 7) is -0.305. The van der Waals surface area contributed by atoms with E-state index in [1.165, 1.54) is 12.1 Å². The van der Waals surface area contributed by atoms with E-state index in [4.69, 9.17) is 11.6 Å². The highest BCUT2D eigenvalue weighted by Gasteiger charge is 2.26. The molecule has 0 radical (unpaired) electrons. The van der Waals surface area contributed by atoms with Gasteiger partial charge >= 0.3 is 0 Å². The summed E-state index contributed by atoms with van der Waals surface area (Å²) in [6, 6.07) is 3.87. The lowest BCUT2D eigenvalue weighted by Crippen LogP contribution is -2.52. The van der Waals surface area contributed by atoms with Crippen molar-refractivity contribution in [3.63, 3.8) is 0 Å². The van der Waals surface area contributed by atoms with Crippen LogP contribution in [0.25, 0.3) is 0 Å². The van der Waals surface area contributed by atoms with E-state index in [1.807, 2.05) is 0 Å². The van der Waals surface area contributed by atoms with Crippen LogP contribution in [0.15, 0.2) is 18.2 Å². The normalized spacial score (nSPS) is 16.2. The molecule has 1 heterocycles. The van der Waals surface area contributed by atoms with E-state index in [1.54, 1.807) is 0 Å². The molecule has 16 heavy (non-hydrogen) atoms. The van der Waals surface area contributed by atoms with Gasteiger partial charge in [-0.1, -0.05) is 11.6 Å². The lowest BCUT2D eigenvalue weighted by Gasteiger charge is -2.26. The monoisotopic (exact) mass is 242 g/mol. The number of benzene rings is 1. The number of hydrogen-bond acceptors (Lipinski definition) is 2. The number of amides is 2. The summed E-state index contributed by atoms with van der Waals surface area (Å²) >= 11 is 5.71. The molecular weight excluding hydrogens is 235 g/mol. The fraction of sp³-hybridized carbons (Fsp3) is 0.200. The number of nitrogens with zero attached hydrogens (tertiary/aromatic N) is 1. The standard InChI is InChI=1S/C10H8ClFN2O2/c11-6-1-2-7(12)8(3-6)14-5-9(15)13-4-10(14)16/h1-3H,4-5H2,(H,13,15). The average molecular weight is 243 g/mol. The molecule has 1 saturated heterocycles. The first-order valence-corrected chi connectivity index (χ1v) is 4.98. The highest BCUT2D eigenvalue weighted by Crippen LogP contribution is 2.24. The number of carbonyl (C=O) groups excluding carboxylic acids is 2. The van der Waals surface area contributed by atoms with Crippen LogP contribution in [0.4, 0.5) is 10.1 Å². The number of piperazine rings is 1. The summed E-state index contributed by atoms with van der Waals surface area (Å²) in [5.41, 5.74) is 0.0346. The van der Waals surface area contributed by atoms with Gasteiger partial charge in [-0.3, -0.25) is 14.5 Å². The van der Waals surface area contributed by atoms with Gasteiger partial charge in [-0.2, -0.15) is 0 Å². The molecule has 2 rings (SSSR count). The second-order valence-electron chi connectivity index (χ2n) is 3.35. The maximum Gasteiger partial charge on any atom is 0.246 e. The van der Waals surface area contributed by atoms with Crippen LogP contribution in [0.5, 0.6) is 0 Å². The third kappa shape index (κ3) is 1.99. The molecule has 1 N–H and O–H groups in total. The number of halogens is 2. The molecule has 0 aromatic heterocycles. The van der Waals surface area contributed by atoms with Crippen molar-refractivity contribution in [1.29, 1.82) is 0 Å². The van der Waals surface area contributed by atoms with Crippen molar-refractivity contribution in [2.24, 2.45) is 0 Å². The Kier molecular flexibility index (Phi) is 2.78. The minimum absolute atomic E-state index is 0.0346. The van der Waals surface area contributed by atoms with E-state index in [0.29, 0.717) is 5.02 Å². The van der Waals surface area contributed by atoms with Crippen LogP contribution < -0.4 is 10.2 Å². The van der Waals surface area contributed by atoms with E-state index < -0.39 is 5.82 Å². The Labute approximate surface area is 96.0 Å². The third-order valence-electron chi connectivity index (χ3n) is 2.24. The summed E-state index contributed by atoms with van der Waals surface area (Å²) in [5, 5.41) is 2.69. The highest BCUT2D eigenvalue weighted by atomic mass is 35.5. The summed E-state index contributed by atoms with van der Waals surface area (Å²) in [5.74, 6) is -1.26. The maximum atomic E-state index is 13.5. The maximum absolute atomic E-state index is 13.5. The van der Waals surface area contributed by atoms with E-state index in [0.717, 1.165) is 11.0 Å². The quantitative estimate of drug-likeness (QED) is 0.797. The van der Waals surface area contributed by atoms with Gasteiger partial charge in [0.05, 0.1) is 12.2 Å². The van der Waals surface area contributed by atoms with E-state index in [2.05, 4.69) is 5.32 Å². The van der Waals surface area contributed by atoms with Crippen LogP contribution in [0.3, 0.4) is 0 Å². The summed E-state index contributed by atoms with van der Waals surface area (Å²) in [6.07, 6.45) is 0.